The van der Waals surface area contributed by atoms with E-state index in [2.05, 4.69) is 24.3 Å². The third-order valence-electron chi connectivity index (χ3n) is 6.87. The van der Waals surface area contributed by atoms with Gasteiger partial charge in [-0.05, 0) is 88.2 Å². The molecule has 0 amide bonds. The molecule has 0 atom stereocenters. The van der Waals surface area contributed by atoms with Crippen molar-refractivity contribution in [2.24, 2.45) is 11.8 Å². The maximum atomic E-state index is 12.4. The molecular weight excluding hydrogens is 368 g/mol. The van der Waals surface area contributed by atoms with Gasteiger partial charge in [-0.25, -0.2) is 8.42 Å². The Morgan fingerprint density at radius 2 is 1.46 bits per heavy atom. The van der Waals surface area contributed by atoms with Crippen LogP contribution in [-0.4, -0.2) is 32.1 Å². The van der Waals surface area contributed by atoms with Gasteiger partial charge in [-0.3, -0.25) is 0 Å². The SMILES string of the molecule is CC(C)(C)S(=O)(=O)CC1CCC(CCc2ccc(C3CCOCC3)cc2)CC1. The molecule has 2 fully saturated rings. The summed E-state index contributed by atoms with van der Waals surface area (Å²) in [5, 5.41) is 0. The number of hydrogen-bond acceptors (Lipinski definition) is 3. The second kappa shape index (κ2) is 9.30. The molecular formula is C24H38O3S. The molecule has 0 unspecified atom stereocenters. The number of hydrogen-bond donors (Lipinski definition) is 0. The molecule has 0 aromatic heterocycles. The minimum Gasteiger partial charge on any atom is -0.381 e. The highest BCUT2D eigenvalue weighted by molar-refractivity contribution is 7.92. The molecule has 1 heterocycles. The summed E-state index contributed by atoms with van der Waals surface area (Å²) in [6, 6.07) is 9.26. The lowest BCUT2D eigenvalue weighted by atomic mass is 9.80. The summed E-state index contributed by atoms with van der Waals surface area (Å²) in [7, 11) is -2.99. The first kappa shape index (κ1) is 21.8. The van der Waals surface area contributed by atoms with Crippen LogP contribution < -0.4 is 0 Å². The number of aryl methyl sites for hydroxylation is 1. The first-order valence-electron chi connectivity index (χ1n) is 11.1. The predicted molar refractivity (Wildman–Crippen MR) is 117 cm³/mol. The van der Waals surface area contributed by atoms with Gasteiger partial charge in [-0.15, -0.1) is 0 Å². The molecule has 158 valence electrons. The van der Waals surface area contributed by atoms with Gasteiger partial charge in [0.15, 0.2) is 9.84 Å². The Hall–Kier alpha value is -0.870. The molecule has 28 heavy (non-hydrogen) atoms. The van der Waals surface area contributed by atoms with Gasteiger partial charge >= 0.3 is 0 Å². The van der Waals surface area contributed by atoms with Crippen LogP contribution in [0.4, 0.5) is 0 Å². The van der Waals surface area contributed by atoms with Gasteiger partial charge in [0.05, 0.1) is 10.5 Å². The minimum atomic E-state index is -2.99. The Morgan fingerprint density at radius 1 is 0.893 bits per heavy atom. The van der Waals surface area contributed by atoms with Crippen LogP contribution in [0.1, 0.15) is 82.8 Å². The number of sulfone groups is 1. The van der Waals surface area contributed by atoms with Crippen molar-refractivity contribution in [2.45, 2.75) is 82.8 Å². The molecule has 1 aliphatic heterocycles. The summed E-state index contributed by atoms with van der Waals surface area (Å²) < 4.78 is 29.7. The summed E-state index contributed by atoms with van der Waals surface area (Å²) >= 11 is 0. The first-order valence-corrected chi connectivity index (χ1v) is 12.8. The summed E-state index contributed by atoms with van der Waals surface area (Å²) in [5.74, 6) is 2.15. The van der Waals surface area contributed by atoms with Crippen molar-refractivity contribution in [3.05, 3.63) is 35.4 Å². The molecule has 1 aromatic carbocycles. The zero-order valence-corrected chi connectivity index (χ0v) is 18.8. The second-order valence-electron chi connectivity index (χ2n) is 9.95. The van der Waals surface area contributed by atoms with Gasteiger partial charge < -0.3 is 4.74 Å². The number of ether oxygens (including phenoxy) is 1. The quantitative estimate of drug-likeness (QED) is 0.623. The van der Waals surface area contributed by atoms with E-state index in [4.69, 9.17) is 4.74 Å². The van der Waals surface area contributed by atoms with Crippen molar-refractivity contribution in [1.82, 2.24) is 0 Å². The topological polar surface area (TPSA) is 43.4 Å². The highest BCUT2D eigenvalue weighted by Crippen LogP contribution is 2.34. The van der Waals surface area contributed by atoms with Crippen molar-refractivity contribution >= 4 is 9.84 Å². The largest absolute Gasteiger partial charge is 0.381 e. The first-order chi connectivity index (χ1) is 13.2. The summed E-state index contributed by atoms with van der Waals surface area (Å²) in [5.41, 5.74) is 2.90. The monoisotopic (exact) mass is 406 g/mol. The normalized spacial score (nSPS) is 25.0. The van der Waals surface area contributed by atoms with E-state index < -0.39 is 14.6 Å². The smallest absolute Gasteiger partial charge is 0.155 e. The van der Waals surface area contributed by atoms with E-state index in [-0.39, 0.29) is 0 Å². The highest BCUT2D eigenvalue weighted by Gasteiger charge is 2.33. The fraction of sp³-hybridized carbons (Fsp3) is 0.750. The van der Waals surface area contributed by atoms with Gasteiger partial charge in [0, 0.05) is 13.2 Å². The fourth-order valence-electron chi connectivity index (χ4n) is 4.61. The molecule has 3 nitrogen and oxygen atoms in total. The maximum Gasteiger partial charge on any atom is 0.155 e. The predicted octanol–water partition coefficient (Wildman–Crippen LogP) is 5.53. The number of rotatable bonds is 6. The Morgan fingerprint density at radius 3 is 2.04 bits per heavy atom. The zero-order chi connectivity index (χ0) is 20.2. The molecule has 1 saturated heterocycles. The lowest BCUT2D eigenvalue weighted by molar-refractivity contribution is 0.0853. The van der Waals surface area contributed by atoms with E-state index in [0.717, 1.165) is 51.2 Å². The molecule has 3 rings (SSSR count). The third kappa shape index (κ3) is 5.82. The average Bonchev–Trinajstić information content (AvgIpc) is 2.67. The van der Waals surface area contributed by atoms with E-state index in [1.165, 1.54) is 30.4 Å². The lowest BCUT2D eigenvalue weighted by Gasteiger charge is -2.30. The molecule has 0 N–H and O–H groups in total. The molecule has 1 saturated carbocycles. The van der Waals surface area contributed by atoms with Crippen molar-refractivity contribution in [3.63, 3.8) is 0 Å². The van der Waals surface area contributed by atoms with Crippen LogP contribution in [0.15, 0.2) is 24.3 Å². The summed E-state index contributed by atoms with van der Waals surface area (Å²) in [6.45, 7) is 7.25. The van der Waals surface area contributed by atoms with E-state index in [1.54, 1.807) is 0 Å². The number of benzene rings is 1. The molecule has 2 aliphatic rings. The summed E-state index contributed by atoms with van der Waals surface area (Å²) in [4.78, 5) is 0. The standard InChI is InChI=1S/C24H38O3S/c1-24(2,3)28(25,26)18-21-8-6-19(7-9-21)4-5-20-10-12-22(13-11-20)23-14-16-27-17-15-23/h10-13,19,21,23H,4-9,14-18H2,1-3H3. The third-order valence-corrected chi connectivity index (χ3v) is 9.64. The zero-order valence-electron chi connectivity index (χ0n) is 18.0. The van der Waals surface area contributed by atoms with Gasteiger partial charge in [0.25, 0.3) is 0 Å². The molecule has 0 spiro atoms. The Kier molecular flexibility index (Phi) is 7.25. The van der Waals surface area contributed by atoms with Gasteiger partial charge in [0.1, 0.15) is 0 Å². The van der Waals surface area contributed by atoms with Crippen molar-refractivity contribution in [2.75, 3.05) is 19.0 Å². The van der Waals surface area contributed by atoms with Crippen LogP contribution in [0.2, 0.25) is 0 Å². The molecule has 0 radical (unpaired) electrons. The molecule has 1 aliphatic carbocycles. The lowest BCUT2D eigenvalue weighted by Crippen LogP contribution is -2.34. The fourth-order valence-corrected chi connectivity index (χ4v) is 6.06. The van der Waals surface area contributed by atoms with E-state index in [1.807, 2.05) is 20.8 Å². The van der Waals surface area contributed by atoms with Crippen LogP contribution >= 0.6 is 0 Å². The molecule has 1 aromatic rings. The van der Waals surface area contributed by atoms with Crippen LogP contribution in [0.5, 0.6) is 0 Å². The maximum absolute atomic E-state index is 12.4. The molecule has 4 heteroatoms. The van der Waals surface area contributed by atoms with Crippen molar-refractivity contribution in [1.29, 1.82) is 0 Å². The van der Waals surface area contributed by atoms with Crippen LogP contribution in [0, 0.1) is 11.8 Å². The van der Waals surface area contributed by atoms with E-state index in [9.17, 15) is 8.42 Å². The van der Waals surface area contributed by atoms with Gasteiger partial charge in [-0.2, -0.15) is 0 Å². The van der Waals surface area contributed by atoms with Crippen LogP contribution in [0.25, 0.3) is 0 Å². The van der Waals surface area contributed by atoms with Crippen LogP contribution in [0.3, 0.4) is 0 Å². The second-order valence-corrected chi connectivity index (χ2v) is 12.7. The summed E-state index contributed by atoms with van der Waals surface area (Å²) in [6.07, 6.45) is 9.18. The van der Waals surface area contributed by atoms with Crippen LogP contribution in [-0.2, 0) is 21.0 Å². The van der Waals surface area contributed by atoms with Crippen molar-refractivity contribution in [3.8, 4) is 0 Å². The average molecular weight is 407 g/mol. The van der Waals surface area contributed by atoms with E-state index in [0.29, 0.717) is 17.6 Å². The molecule has 0 bridgehead atoms. The van der Waals surface area contributed by atoms with E-state index >= 15 is 0 Å². The van der Waals surface area contributed by atoms with Gasteiger partial charge in [-0.1, -0.05) is 37.1 Å². The van der Waals surface area contributed by atoms with Crippen molar-refractivity contribution < 1.29 is 13.2 Å². The Bertz CT molecular complexity index is 701. The highest BCUT2D eigenvalue weighted by atomic mass is 32.2. The Balaban J connectivity index is 1.42. The minimum absolute atomic E-state index is 0.360. The van der Waals surface area contributed by atoms with Gasteiger partial charge in [0.2, 0.25) is 0 Å². The Labute approximate surface area is 172 Å².